The minimum atomic E-state index is -0.462. The van der Waals surface area contributed by atoms with Crippen molar-refractivity contribution in [1.82, 2.24) is 4.57 Å². The van der Waals surface area contributed by atoms with Crippen LogP contribution < -0.4 is 0 Å². The first-order chi connectivity index (χ1) is 14.5. The van der Waals surface area contributed by atoms with Crippen LogP contribution in [0.2, 0.25) is 5.02 Å². The van der Waals surface area contributed by atoms with Gasteiger partial charge in [0.15, 0.2) is 0 Å². The van der Waals surface area contributed by atoms with Crippen molar-refractivity contribution >= 4 is 39.8 Å². The van der Waals surface area contributed by atoms with E-state index in [4.69, 9.17) is 11.6 Å². The van der Waals surface area contributed by atoms with Gasteiger partial charge in [-0.1, -0.05) is 54.1 Å². The standard InChI is InChI=1S/C24H16ClN3O2/c25-21-10-8-17(9-11-21)15-27-16-20(23-6-1-2-7-24(23)27)12-19(14-26)18-4-3-5-22(13-18)28(29)30/h1-13,16H,15H2/b19-12-. The molecule has 0 radical (unpaired) electrons. The average Bonchev–Trinajstić information content (AvgIpc) is 3.11. The van der Waals surface area contributed by atoms with Crippen molar-refractivity contribution < 1.29 is 4.92 Å². The molecule has 3 aromatic carbocycles. The number of non-ortho nitro benzene ring substituents is 1. The molecule has 0 fully saturated rings. The fourth-order valence-electron chi connectivity index (χ4n) is 3.43. The van der Waals surface area contributed by atoms with E-state index < -0.39 is 4.92 Å². The molecular weight excluding hydrogens is 398 g/mol. The molecule has 146 valence electrons. The van der Waals surface area contributed by atoms with Crippen LogP contribution in [0.4, 0.5) is 5.69 Å². The highest BCUT2D eigenvalue weighted by Crippen LogP contribution is 2.28. The van der Waals surface area contributed by atoms with Crippen LogP contribution in [0, 0.1) is 21.4 Å². The molecule has 0 aliphatic heterocycles. The normalized spacial score (nSPS) is 11.4. The third-order valence-electron chi connectivity index (χ3n) is 4.87. The molecule has 5 nitrogen and oxygen atoms in total. The van der Waals surface area contributed by atoms with Crippen LogP contribution >= 0.6 is 11.6 Å². The number of nitrogens with zero attached hydrogens (tertiary/aromatic N) is 3. The Labute approximate surface area is 178 Å². The number of nitro benzene ring substituents is 1. The molecule has 6 heteroatoms. The minimum absolute atomic E-state index is 0.0428. The van der Waals surface area contributed by atoms with Crippen LogP contribution in [0.3, 0.4) is 0 Å². The van der Waals surface area contributed by atoms with Crippen LogP contribution in [0.5, 0.6) is 0 Å². The van der Waals surface area contributed by atoms with Crippen LogP contribution in [-0.2, 0) is 6.54 Å². The van der Waals surface area contributed by atoms with E-state index in [0.717, 1.165) is 22.0 Å². The summed E-state index contributed by atoms with van der Waals surface area (Å²) in [7, 11) is 0. The zero-order valence-electron chi connectivity index (χ0n) is 15.8. The highest BCUT2D eigenvalue weighted by Gasteiger charge is 2.12. The lowest BCUT2D eigenvalue weighted by atomic mass is 10.0. The van der Waals surface area contributed by atoms with Gasteiger partial charge in [0.1, 0.15) is 0 Å². The van der Waals surface area contributed by atoms with E-state index in [1.165, 1.54) is 12.1 Å². The van der Waals surface area contributed by atoms with Crippen LogP contribution in [0.1, 0.15) is 16.7 Å². The van der Waals surface area contributed by atoms with Crippen molar-refractivity contribution in [1.29, 1.82) is 5.26 Å². The van der Waals surface area contributed by atoms with Gasteiger partial charge in [-0.15, -0.1) is 0 Å². The average molecular weight is 414 g/mol. The fraction of sp³-hybridized carbons (Fsp3) is 0.0417. The van der Waals surface area contributed by atoms with Gasteiger partial charge in [-0.25, -0.2) is 0 Å². The molecule has 0 N–H and O–H groups in total. The maximum absolute atomic E-state index is 11.1. The highest BCUT2D eigenvalue weighted by atomic mass is 35.5. The van der Waals surface area contributed by atoms with Crippen molar-refractivity contribution in [3.8, 4) is 6.07 Å². The number of halogens is 1. The van der Waals surface area contributed by atoms with E-state index in [1.54, 1.807) is 18.2 Å². The number of rotatable bonds is 5. The van der Waals surface area contributed by atoms with Gasteiger partial charge in [0.05, 0.1) is 16.6 Å². The van der Waals surface area contributed by atoms with E-state index in [9.17, 15) is 15.4 Å². The Bertz CT molecular complexity index is 1310. The summed E-state index contributed by atoms with van der Waals surface area (Å²) in [6, 6.07) is 23.9. The number of benzene rings is 3. The molecule has 0 saturated carbocycles. The van der Waals surface area contributed by atoms with Gasteiger partial charge in [0.25, 0.3) is 5.69 Å². The molecular formula is C24H16ClN3O2. The molecule has 4 rings (SSSR count). The summed E-state index contributed by atoms with van der Waals surface area (Å²) in [5.74, 6) is 0. The van der Waals surface area contributed by atoms with Gasteiger partial charge in [-0.05, 0) is 35.4 Å². The first-order valence-corrected chi connectivity index (χ1v) is 9.62. The van der Waals surface area contributed by atoms with E-state index >= 15 is 0 Å². The number of allylic oxidation sites excluding steroid dienone is 1. The van der Waals surface area contributed by atoms with Gasteiger partial charge in [-0.3, -0.25) is 10.1 Å². The second-order valence-corrected chi connectivity index (χ2v) is 7.27. The molecule has 0 amide bonds. The van der Waals surface area contributed by atoms with Crippen LogP contribution in [0.15, 0.2) is 79.0 Å². The minimum Gasteiger partial charge on any atom is -0.342 e. The van der Waals surface area contributed by atoms with Crippen molar-refractivity contribution in [2.45, 2.75) is 6.54 Å². The number of fused-ring (bicyclic) bond motifs is 1. The Hall–Kier alpha value is -3.88. The number of hydrogen-bond acceptors (Lipinski definition) is 3. The van der Waals surface area contributed by atoms with Crippen LogP contribution in [0.25, 0.3) is 22.6 Å². The Morgan fingerprint density at radius 3 is 2.60 bits per heavy atom. The molecule has 0 atom stereocenters. The number of para-hydroxylation sites is 1. The largest absolute Gasteiger partial charge is 0.342 e. The summed E-state index contributed by atoms with van der Waals surface area (Å²) in [4.78, 5) is 10.6. The maximum atomic E-state index is 11.1. The predicted octanol–water partition coefficient (Wildman–Crippen LogP) is 6.32. The van der Waals surface area contributed by atoms with Crippen molar-refractivity contribution in [3.05, 3.63) is 111 Å². The van der Waals surface area contributed by atoms with Gasteiger partial charge in [-0.2, -0.15) is 5.26 Å². The fourth-order valence-corrected chi connectivity index (χ4v) is 3.56. The smallest absolute Gasteiger partial charge is 0.270 e. The molecule has 4 aromatic rings. The molecule has 30 heavy (non-hydrogen) atoms. The quantitative estimate of drug-likeness (QED) is 0.218. The molecule has 0 unspecified atom stereocenters. The van der Waals surface area contributed by atoms with E-state index in [1.807, 2.05) is 54.7 Å². The number of nitriles is 1. The zero-order valence-corrected chi connectivity index (χ0v) is 16.6. The van der Waals surface area contributed by atoms with E-state index in [0.29, 0.717) is 22.7 Å². The summed E-state index contributed by atoms with van der Waals surface area (Å²) in [6.45, 7) is 0.657. The zero-order chi connectivity index (χ0) is 21.1. The second-order valence-electron chi connectivity index (χ2n) is 6.83. The van der Waals surface area contributed by atoms with Gasteiger partial charge >= 0.3 is 0 Å². The summed E-state index contributed by atoms with van der Waals surface area (Å²) < 4.78 is 2.12. The summed E-state index contributed by atoms with van der Waals surface area (Å²) >= 11 is 5.99. The maximum Gasteiger partial charge on any atom is 0.270 e. The van der Waals surface area contributed by atoms with Crippen molar-refractivity contribution in [2.24, 2.45) is 0 Å². The Morgan fingerprint density at radius 2 is 1.87 bits per heavy atom. The SMILES string of the molecule is N#C/C(=C/c1cn(Cc2ccc(Cl)cc2)c2ccccc12)c1cccc([N+](=O)[O-])c1. The lowest BCUT2D eigenvalue weighted by molar-refractivity contribution is -0.384. The van der Waals surface area contributed by atoms with Crippen molar-refractivity contribution in [2.75, 3.05) is 0 Å². The summed E-state index contributed by atoms with van der Waals surface area (Å²) in [5, 5.41) is 22.5. The molecule has 0 aliphatic carbocycles. The first kappa shape index (κ1) is 19.4. The Kier molecular flexibility index (Phi) is 5.34. The van der Waals surface area contributed by atoms with Crippen LogP contribution in [-0.4, -0.2) is 9.49 Å². The lowest BCUT2D eigenvalue weighted by Gasteiger charge is -2.05. The number of hydrogen-bond donors (Lipinski definition) is 0. The molecule has 0 saturated heterocycles. The van der Waals surface area contributed by atoms with Gasteiger partial charge < -0.3 is 4.57 Å². The van der Waals surface area contributed by atoms with Gasteiger partial charge in [0, 0.05) is 46.4 Å². The Morgan fingerprint density at radius 1 is 1.10 bits per heavy atom. The van der Waals surface area contributed by atoms with Crippen molar-refractivity contribution in [3.63, 3.8) is 0 Å². The second kappa shape index (κ2) is 8.24. The topological polar surface area (TPSA) is 71.9 Å². The lowest BCUT2D eigenvalue weighted by Crippen LogP contribution is -1.97. The summed E-state index contributed by atoms with van der Waals surface area (Å²) in [5.41, 5.74) is 3.86. The molecule has 1 heterocycles. The number of aromatic nitrogens is 1. The Balaban J connectivity index is 1.78. The molecule has 0 spiro atoms. The summed E-state index contributed by atoms with van der Waals surface area (Å²) in [6.07, 6.45) is 3.77. The molecule has 0 bridgehead atoms. The number of nitro groups is 1. The predicted molar refractivity (Wildman–Crippen MR) is 119 cm³/mol. The third kappa shape index (κ3) is 3.95. The molecule has 1 aromatic heterocycles. The first-order valence-electron chi connectivity index (χ1n) is 9.24. The molecule has 0 aliphatic rings. The van der Waals surface area contributed by atoms with Gasteiger partial charge in [0.2, 0.25) is 0 Å². The highest BCUT2D eigenvalue weighted by molar-refractivity contribution is 6.30. The monoisotopic (exact) mass is 413 g/mol. The third-order valence-corrected chi connectivity index (χ3v) is 5.13. The van der Waals surface area contributed by atoms with E-state index in [-0.39, 0.29) is 5.69 Å². The van der Waals surface area contributed by atoms with E-state index in [2.05, 4.69) is 10.6 Å².